The van der Waals surface area contributed by atoms with E-state index in [1.807, 2.05) is 13.0 Å². The molecule has 0 fully saturated rings. The van der Waals surface area contributed by atoms with Crippen LogP contribution in [0, 0.1) is 0 Å². The molecule has 1 aliphatic heterocycles. The first kappa shape index (κ1) is 12.3. The van der Waals surface area contributed by atoms with Gasteiger partial charge in [0.05, 0.1) is 5.70 Å². The van der Waals surface area contributed by atoms with Gasteiger partial charge in [-0.15, -0.1) is 0 Å². The third kappa shape index (κ3) is 1.59. The maximum atomic E-state index is 11.6. The van der Waals surface area contributed by atoms with Crippen molar-refractivity contribution in [3.8, 4) is 0 Å². The summed E-state index contributed by atoms with van der Waals surface area (Å²) in [4.78, 5) is 16.2. The molecule has 0 spiro atoms. The second-order valence-corrected chi connectivity index (χ2v) is 5.71. The molecule has 102 valence electrons. The van der Waals surface area contributed by atoms with Gasteiger partial charge in [-0.25, -0.2) is 0 Å². The summed E-state index contributed by atoms with van der Waals surface area (Å²) in [6.07, 6.45) is 5.13. The van der Waals surface area contributed by atoms with E-state index >= 15 is 0 Å². The van der Waals surface area contributed by atoms with Crippen molar-refractivity contribution in [2.24, 2.45) is 4.99 Å². The van der Waals surface area contributed by atoms with Crippen molar-refractivity contribution in [3.05, 3.63) is 58.7 Å². The van der Waals surface area contributed by atoms with Crippen LogP contribution in [0.3, 0.4) is 0 Å². The van der Waals surface area contributed by atoms with Gasteiger partial charge in [-0.2, -0.15) is 0 Å². The van der Waals surface area contributed by atoms with E-state index in [1.165, 1.54) is 21.9 Å². The number of hydrogen-bond acceptors (Lipinski definition) is 2. The van der Waals surface area contributed by atoms with E-state index in [2.05, 4.69) is 48.3 Å². The van der Waals surface area contributed by atoms with Crippen LogP contribution >= 0.6 is 0 Å². The number of rotatable bonds is 1. The molecular weight excluding hydrogens is 258 g/mol. The van der Waals surface area contributed by atoms with Crippen LogP contribution in [0.25, 0.3) is 22.5 Å². The first-order valence-electron chi connectivity index (χ1n) is 7.19. The minimum Gasteiger partial charge on any atom is -0.298 e. The Balaban J connectivity index is 2.21. The molecule has 0 radical (unpaired) electrons. The lowest BCUT2D eigenvalue weighted by Gasteiger charge is -2.12. The zero-order valence-corrected chi connectivity index (χ0v) is 12.1. The minimum absolute atomic E-state index is 0.110. The van der Waals surface area contributed by atoms with Crippen molar-refractivity contribution in [2.75, 3.05) is 0 Å². The summed E-state index contributed by atoms with van der Waals surface area (Å²) < 4.78 is 0. The molecule has 2 aliphatic rings. The Bertz CT molecular complexity index is 884. The summed E-state index contributed by atoms with van der Waals surface area (Å²) in [5, 5.41) is 2.43. The number of nitrogens with zero attached hydrogens (tertiary/aromatic N) is 1. The first-order valence-corrected chi connectivity index (χ1v) is 7.19. The largest absolute Gasteiger partial charge is 0.298 e. The van der Waals surface area contributed by atoms with Gasteiger partial charge in [0, 0.05) is 22.8 Å². The minimum atomic E-state index is 0.110. The Labute approximate surface area is 123 Å². The van der Waals surface area contributed by atoms with Crippen LogP contribution < -0.4 is 0 Å². The number of benzene rings is 2. The second kappa shape index (κ2) is 4.26. The third-order valence-corrected chi connectivity index (χ3v) is 4.47. The Hall–Kier alpha value is -2.48. The van der Waals surface area contributed by atoms with Gasteiger partial charge in [-0.05, 0) is 41.0 Å². The Morgan fingerprint density at radius 1 is 1.19 bits per heavy atom. The molecule has 0 saturated heterocycles. The molecule has 4 rings (SSSR count). The van der Waals surface area contributed by atoms with Gasteiger partial charge in [-0.3, -0.25) is 9.79 Å². The highest BCUT2D eigenvalue weighted by Gasteiger charge is 2.31. The number of carbonyl (C=O) groups excluding carboxylic acids is 1. The fourth-order valence-corrected chi connectivity index (χ4v) is 3.39. The van der Waals surface area contributed by atoms with E-state index in [4.69, 9.17) is 0 Å². The SMILES string of the molecule is CC1=NC2=C(C=O)C(C)c3cc4ccccc4c(c32)C=C1. The third-order valence-electron chi connectivity index (χ3n) is 4.47. The zero-order valence-electron chi connectivity index (χ0n) is 12.1. The van der Waals surface area contributed by atoms with Gasteiger partial charge in [0.25, 0.3) is 0 Å². The highest BCUT2D eigenvalue weighted by atomic mass is 16.1. The van der Waals surface area contributed by atoms with Gasteiger partial charge in [0.2, 0.25) is 0 Å². The molecule has 0 bridgehead atoms. The average molecular weight is 273 g/mol. The normalized spacial score (nSPS) is 19.5. The van der Waals surface area contributed by atoms with E-state index in [0.717, 1.165) is 28.8 Å². The van der Waals surface area contributed by atoms with E-state index < -0.39 is 0 Å². The number of hydrogen-bond donors (Lipinski definition) is 0. The summed E-state index contributed by atoms with van der Waals surface area (Å²) in [6.45, 7) is 4.06. The Kier molecular flexibility index (Phi) is 2.49. The molecule has 0 amide bonds. The summed E-state index contributed by atoms with van der Waals surface area (Å²) in [6, 6.07) is 10.6. The molecule has 2 heteroatoms. The molecular formula is C19H15NO. The van der Waals surface area contributed by atoms with Gasteiger partial charge < -0.3 is 0 Å². The van der Waals surface area contributed by atoms with E-state index in [1.54, 1.807) is 0 Å². The first-order chi connectivity index (χ1) is 10.2. The van der Waals surface area contributed by atoms with Crippen LogP contribution in [0.1, 0.15) is 36.5 Å². The van der Waals surface area contributed by atoms with Crippen LogP contribution in [-0.2, 0) is 4.79 Å². The lowest BCUT2D eigenvalue weighted by molar-refractivity contribution is -0.105. The topological polar surface area (TPSA) is 29.4 Å². The van der Waals surface area contributed by atoms with Gasteiger partial charge in [-0.1, -0.05) is 37.3 Å². The van der Waals surface area contributed by atoms with E-state index in [0.29, 0.717) is 0 Å². The average Bonchev–Trinajstić information content (AvgIpc) is 2.65. The predicted molar refractivity (Wildman–Crippen MR) is 87.5 cm³/mol. The number of carbonyl (C=O) groups is 1. The Morgan fingerprint density at radius 3 is 2.81 bits per heavy atom. The highest BCUT2D eigenvalue weighted by molar-refractivity contribution is 6.11. The number of fused-ring (bicyclic) bond motifs is 2. The van der Waals surface area contributed by atoms with Gasteiger partial charge in [0.15, 0.2) is 0 Å². The highest BCUT2D eigenvalue weighted by Crippen LogP contribution is 2.46. The Morgan fingerprint density at radius 2 is 2.00 bits per heavy atom. The lowest BCUT2D eigenvalue weighted by atomic mass is 9.91. The molecule has 0 saturated carbocycles. The van der Waals surface area contributed by atoms with Crippen molar-refractivity contribution in [3.63, 3.8) is 0 Å². The fraction of sp³-hybridized carbons (Fsp3) is 0.158. The van der Waals surface area contributed by atoms with Crippen molar-refractivity contribution in [1.82, 2.24) is 0 Å². The summed E-state index contributed by atoms with van der Waals surface area (Å²) in [5.41, 5.74) is 6.12. The summed E-state index contributed by atoms with van der Waals surface area (Å²) in [7, 11) is 0. The van der Waals surface area contributed by atoms with Crippen LogP contribution in [0.4, 0.5) is 0 Å². The molecule has 21 heavy (non-hydrogen) atoms. The number of aldehydes is 1. The zero-order chi connectivity index (χ0) is 14.6. The predicted octanol–water partition coefficient (Wildman–Crippen LogP) is 4.35. The van der Waals surface area contributed by atoms with E-state index in [9.17, 15) is 4.79 Å². The maximum Gasteiger partial charge on any atom is 0.148 e. The molecule has 1 unspecified atom stereocenters. The van der Waals surface area contributed by atoms with Crippen LogP contribution in [0.2, 0.25) is 0 Å². The van der Waals surface area contributed by atoms with Crippen molar-refractivity contribution in [1.29, 1.82) is 0 Å². The molecule has 0 N–H and O–H groups in total. The molecule has 2 aromatic carbocycles. The number of aliphatic imine (C=N–C) groups is 1. The maximum absolute atomic E-state index is 11.6. The van der Waals surface area contributed by atoms with Gasteiger partial charge >= 0.3 is 0 Å². The molecule has 1 heterocycles. The van der Waals surface area contributed by atoms with Crippen molar-refractivity contribution < 1.29 is 4.79 Å². The molecule has 0 aromatic heterocycles. The van der Waals surface area contributed by atoms with Crippen LogP contribution in [-0.4, -0.2) is 12.0 Å². The monoisotopic (exact) mass is 273 g/mol. The van der Waals surface area contributed by atoms with E-state index in [-0.39, 0.29) is 5.92 Å². The standard InChI is InChI=1S/C19H15NO/c1-11-7-8-15-14-6-4-3-5-13(14)9-16-12(2)17(10-21)19(20-11)18(15)16/h3-10,12H,1-2H3. The summed E-state index contributed by atoms with van der Waals surface area (Å²) in [5.74, 6) is 0.110. The molecule has 1 atom stereocenters. The summed E-state index contributed by atoms with van der Waals surface area (Å²) >= 11 is 0. The lowest BCUT2D eigenvalue weighted by Crippen LogP contribution is -1.96. The van der Waals surface area contributed by atoms with Crippen LogP contribution in [0.5, 0.6) is 0 Å². The molecule has 2 nitrogen and oxygen atoms in total. The molecule has 2 aromatic rings. The quantitative estimate of drug-likeness (QED) is 0.710. The number of allylic oxidation sites excluding steroid dienone is 2. The van der Waals surface area contributed by atoms with Crippen molar-refractivity contribution in [2.45, 2.75) is 19.8 Å². The van der Waals surface area contributed by atoms with Crippen molar-refractivity contribution >= 4 is 34.5 Å². The van der Waals surface area contributed by atoms with Gasteiger partial charge in [0.1, 0.15) is 6.29 Å². The molecule has 1 aliphatic carbocycles. The van der Waals surface area contributed by atoms with Crippen LogP contribution in [0.15, 0.2) is 47.0 Å². The smallest absolute Gasteiger partial charge is 0.148 e. The second-order valence-electron chi connectivity index (χ2n) is 5.71. The fourth-order valence-electron chi connectivity index (χ4n) is 3.39.